The summed E-state index contributed by atoms with van der Waals surface area (Å²) in [6.45, 7) is 2.37. The highest BCUT2D eigenvalue weighted by Crippen LogP contribution is 2.10. The smallest absolute Gasteiger partial charge is 0.121 e. The van der Waals surface area contributed by atoms with Crippen molar-refractivity contribution in [3.05, 3.63) is 30.1 Å². The summed E-state index contributed by atoms with van der Waals surface area (Å²) in [7, 11) is 2.04. The summed E-state index contributed by atoms with van der Waals surface area (Å²) >= 11 is 0. The summed E-state index contributed by atoms with van der Waals surface area (Å²) in [4.78, 5) is 9.94. The highest BCUT2D eigenvalue weighted by atomic mass is 15.1. The van der Waals surface area contributed by atoms with E-state index in [0.29, 0.717) is 6.54 Å². The molecule has 1 aromatic carbocycles. The largest absolute Gasteiger partial charge is 0.341 e. The second-order valence-corrected chi connectivity index (χ2v) is 3.73. The molecule has 0 saturated carbocycles. The van der Waals surface area contributed by atoms with Crippen LogP contribution in [-0.4, -0.2) is 35.0 Å². The molecule has 2 rings (SSSR count). The van der Waals surface area contributed by atoms with Crippen LogP contribution in [0.5, 0.6) is 0 Å². The number of aromatic nitrogens is 2. The summed E-state index contributed by atoms with van der Waals surface area (Å²) < 4.78 is 0. The van der Waals surface area contributed by atoms with E-state index in [2.05, 4.69) is 14.9 Å². The van der Waals surface area contributed by atoms with Gasteiger partial charge >= 0.3 is 0 Å². The molecule has 2 aromatic rings. The Kier molecular flexibility index (Phi) is 2.99. The van der Waals surface area contributed by atoms with Gasteiger partial charge in [0.05, 0.1) is 17.6 Å². The van der Waals surface area contributed by atoms with Crippen molar-refractivity contribution >= 4 is 11.0 Å². The molecule has 0 spiro atoms. The lowest BCUT2D eigenvalue weighted by atomic mass is 10.3. The number of nitrogens with one attached hydrogen (secondary N) is 1. The average molecular weight is 204 g/mol. The van der Waals surface area contributed by atoms with Crippen LogP contribution in [-0.2, 0) is 6.54 Å². The maximum absolute atomic E-state index is 5.49. The first kappa shape index (κ1) is 10.1. The normalized spacial score (nSPS) is 11.4. The van der Waals surface area contributed by atoms with Gasteiger partial charge < -0.3 is 10.7 Å². The van der Waals surface area contributed by atoms with Gasteiger partial charge in [0.15, 0.2) is 0 Å². The summed E-state index contributed by atoms with van der Waals surface area (Å²) in [5.74, 6) is 0.993. The Balaban J connectivity index is 2.15. The molecule has 15 heavy (non-hydrogen) atoms. The number of likely N-dealkylation sites (N-methyl/N-ethyl adjacent to an activating group) is 1. The van der Waals surface area contributed by atoms with E-state index in [1.807, 2.05) is 31.3 Å². The molecule has 4 heteroatoms. The third kappa shape index (κ3) is 2.34. The van der Waals surface area contributed by atoms with Crippen molar-refractivity contribution in [2.24, 2.45) is 5.73 Å². The van der Waals surface area contributed by atoms with E-state index in [1.54, 1.807) is 0 Å². The zero-order valence-electron chi connectivity index (χ0n) is 8.90. The van der Waals surface area contributed by atoms with E-state index in [9.17, 15) is 0 Å². The average Bonchev–Trinajstić information content (AvgIpc) is 2.59. The predicted octanol–water partition coefficient (Wildman–Crippen LogP) is 0.953. The van der Waals surface area contributed by atoms with Gasteiger partial charge in [-0.3, -0.25) is 4.90 Å². The molecular weight excluding hydrogens is 188 g/mol. The van der Waals surface area contributed by atoms with E-state index < -0.39 is 0 Å². The highest BCUT2D eigenvalue weighted by Gasteiger charge is 2.04. The van der Waals surface area contributed by atoms with Crippen LogP contribution < -0.4 is 5.73 Å². The van der Waals surface area contributed by atoms with E-state index in [1.165, 1.54) is 0 Å². The van der Waals surface area contributed by atoms with Crippen LogP contribution in [0.2, 0.25) is 0 Å². The van der Waals surface area contributed by atoms with Crippen molar-refractivity contribution in [1.29, 1.82) is 0 Å². The van der Waals surface area contributed by atoms with E-state index in [4.69, 9.17) is 5.73 Å². The second-order valence-electron chi connectivity index (χ2n) is 3.73. The van der Waals surface area contributed by atoms with Crippen molar-refractivity contribution < 1.29 is 0 Å². The lowest BCUT2D eigenvalue weighted by Crippen LogP contribution is -2.25. The Morgan fingerprint density at radius 1 is 1.40 bits per heavy atom. The second kappa shape index (κ2) is 4.42. The molecule has 0 unspecified atom stereocenters. The van der Waals surface area contributed by atoms with Crippen LogP contribution in [0.4, 0.5) is 0 Å². The molecule has 4 nitrogen and oxygen atoms in total. The fourth-order valence-corrected chi connectivity index (χ4v) is 1.64. The van der Waals surface area contributed by atoms with E-state index in [-0.39, 0.29) is 0 Å². The van der Waals surface area contributed by atoms with Crippen molar-refractivity contribution in [2.45, 2.75) is 6.54 Å². The maximum atomic E-state index is 5.49. The van der Waals surface area contributed by atoms with Crippen molar-refractivity contribution in [3.8, 4) is 0 Å². The Bertz CT molecular complexity index is 402. The Hall–Kier alpha value is -1.39. The molecule has 0 bridgehead atoms. The van der Waals surface area contributed by atoms with Gasteiger partial charge in [0.2, 0.25) is 0 Å². The zero-order chi connectivity index (χ0) is 10.7. The van der Waals surface area contributed by atoms with Crippen LogP contribution >= 0.6 is 0 Å². The summed E-state index contributed by atoms with van der Waals surface area (Å²) in [5.41, 5.74) is 7.60. The number of fused-ring (bicyclic) bond motifs is 1. The third-order valence-electron chi connectivity index (χ3n) is 2.37. The quantitative estimate of drug-likeness (QED) is 0.779. The summed E-state index contributed by atoms with van der Waals surface area (Å²) in [6.07, 6.45) is 0. The van der Waals surface area contributed by atoms with Gasteiger partial charge in [-0.1, -0.05) is 12.1 Å². The predicted molar refractivity (Wildman–Crippen MR) is 61.5 cm³/mol. The molecule has 0 aliphatic heterocycles. The molecule has 3 N–H and O–H groups in total. The maximum Gasteiger partial charge on any atom is 0.121 e. The van der Waals surface area contributed by atoms with Crippen LogP contribution in [0, 0.1) is 0 Å². The SMILES string of the molecule is CN(CCN)Cc1nc2ccccc2[nH]1. The van der Waals surface area contributed by atoms with Crippen molar-refractivity contribution in [3.63, 3.8) is 0 Å². The van der Waals surface area contributed by atoms with Crippen LogP contribution in [0.3, 0.4) is 0 Å². The summed E-state index contributed by atoms with van der Waals surface area (Å²) in [6, 6.07) is 8.05. The Morgan fingerprint density at radius 3 is 2.93 bits per heavy atom. The Labute approximate surface area is 89.1 Å². The lowest BCUT2D eigenvalue weighted by Gasteiger charge is -2.12. The van der Waals surface area contributed by atoms with Gasteiger partial charge in [0, 0.05) is 13.1 Å². The van der Waals surface area contributed by atoms with Gasteiger partial charge in [-0.25, -0.2) is 4.98 Å². The van der Waals surface area contributed by atoms with Gasteiger partial charge in [0.1, 0.15) is 5.82 Å². The minimum absolute atomic E-state index is 0.677. The third-order valence-corrected chi connectivity index (χ3v) is 2.37. The number of hydrogen-bond donors (Lipinski definition) is 2. The minimum Gasteiger partial charge on any atom is -0.341 e. The number of imidazole rings is 1. The number of rotatable bonds is 4. The molecule has 1 heterocycles. The van der Waals surface area contributed by atoms with Gasteiger partial charge in [-0.15, -0.1) is 0 Å². The monoisotopic (exact) mass is 204 g/mol. The van der Waals surface area contributed by atoms with Gasteiger partial charge in [-0.05, 0) is 19.2 Å². The minimum atomic E-state index is 0.677. The first-order chi connectivity index (χ1) is 7.29. The number of hydrogen-bond acceptors (Lipinski definition) is 3. The van der Waals surface area contributed by atoms with Crippen LogP contribution in [0.25, 0.3) is 11.0 Å². The van der Waals surface area contributed by atoms with E-state index in [0.717, 1.165) is 29.9 Å². The molecular formula is C11H16N4. The number of H-pyrrole nitrogens is 1. The summed E-state index contributed by atoms with van der Waals surface area (Å²) in [5, 5.41) is 0. The van der Waals surface area contributed by atoms with Crippen LogP contribution in [0.1, 0.15) is 5.82 Å². The zero-order valence-corrected chi connectivity index (χ0v) is 8.90. The standard InChI is InChI=1S/C11H16N4/c1-15(7-6-12)8-11-13-9-4-2-3-5-10(9)14-11/h2-5H,6-8,12H2,1H3,(H,13,14). The number of nitrogens with two attached hydrogens (primary N) is 1. The van der Waals surface area contributed by atoms with Gasteiger partial charge in [-0.2, -0.15) is 0 Å². The molecule has 0 amide bonds. The molecule has 0 saturated heterocycles. The first-order valence-electron chi connectivity index (χ1n) is 5.12. The molecule has 0 atom stereocenters. The molecule has 0 fully saturated rings. The fraction of sp³-hybridized carbons (Fsp3) is 0.364. The number of benzene rings is 1. The number of nitrogens with zero attached hydrogens (tertiary/aromatic N) is 2. The molecule has 0 aliphatic carbocycles. The first-order valence-corrected chi connectivity index (χ1v) is 5.12. The van der Waals surface area contributed by atoms with Crippen LogP contribution in [0.15, 0.2) is 24.3 Å². The molecule has 1 aromatic heterocycles. The van der Waals surface area contributed by atoms with Gasteiger partial charge in [0.25, 0.3) is 0 Å². The van der Waals surface area contributed by atoms with Crippen molar-refractivity contribution in [1.82, 2.24) is 14.9 Å². The Morgan fingerprint density at radius 2 is 2.20 bits per heavy atom. The molecule has 0 radical (unpaired) electrons. The number of para-hydroxylation sites is 2. The van der Waals surface area contributed by atoms with Crippen molar-refractivity contribution in [2.75, 3.05) is 20.1 Å². The highest BCUT2D eigenvalue weighted by molar-refractivity contribution is 5.74. The molecule has 80 valence electrons. The van der Waals surface area contributed by atoms with E-state index >= 15 is 0 Å². The lowest BCUT2D eigenvalue weighted by molar-refractivity contribution is 0.329. The molecule has 0 aliphatic rings. The number of aromatic amines is 1. The fourth-order valence-electron chi connectivity index (χ4n) is 1.64. The topological polar surface area (TPSA) is 57.9 Å².